The van der Waals surface area contributed by atoms with Gasteiger partial charge in [0.1, 0.15) is 17.7 Å². The van der Waals surface area contributed by atoms with Gasteiger partial charge in [-0.05, 0) is 49.6 Å². The predicted molar refractivity (Wildman–Crippen MR) is 171 cm³/mol. The van der Waals surface area contributed by atoms with Gasteiger partial charge in [-0.1, -0.05) is 48.5 Å². The van der Waals surface area contributed by atoms with Crippen molar-refractivity contribution in [1.82, 2.24) is 29.3 Å². The summed E-state index contributed by atoms with van der Waals surface area (Å²) in [6, 6.07) is 0. The highest BCUT2D eigenvalue weighted by Gasteiger charge is 2.54. The monoisotopic (exact) mass is 631 g/mol. The normalized spacial score (nSPS) is 22.0. The molecule has 2 N–H and O–H groups in total. The number of carbonyl (C=O) groups is 1. The van der Waals surface area contributed by atoms with Crippen molar-refractivity contribution < 1.29 is 23.1 Å². The number of esters is 1. The van der Waals surface area contributed by atoms with Gasteiger partial charge in [0.05, 0.1) is 30.8 Å². The Bertz CT molecular complexity index is 1460. The van der Waals surface area contributed by atoms with E-state index >= 15 is 0 Å². The van der Waals surface area contributed by atoms with E-state index in [1.54, 1.807) is 13.3 Å². The van der Waals surface area contributed by atoms with Crippen LogP contribution < -0.4 is 5.73 Å². The molecule has 0 spiro atoms. The van der Waals surface area contributed by atoms with Gasteiger partial charge in [-0.2, -0.15) is 15.1 Å². The zero-order valence-corrected chi connectivity index (χ0v) is 29.8. The maximum Gasteiger partial charge on any atom is 0.341 e. The summed E-state index contributed by atoms with van der Waals surface area (Å²) in [5.74, 6) is -0.0904. The van der Waals surface area contributed by atoms with Gasteiger partial charge in [0, 0.05) is 6.20 Å². The Morgan fingerprint density at radius 1 is 1.00 bits per heavy atom. The van der Waals surface area contributed by atoms with E-state index in [4.69, 9.17) is 29.0 Å². The maximum atomic E-state index is 12.2. The van der Waals surface area contributed by atoms with E-state index in [-0.39, 0.29) is 46.2 Å². The largest absolute Gasteiger partial charge is 0.462 e. The smallest absolute Gasteiger partial charge is 0.341 e. The molecule has 4 heterocycles. The lowest BCUT2D eigenvalue weighted by Crippen LogP contribution is -2.53. The van der Waals surface area contributed by atoms with Gasteiger partial charge in [0.25, 0.3) is 5.95 Å². The molecule has 0 saturated carbocycles. The summed E-state index contributed by atoms with van der Waals surface area (Å²) in [5, 5.41) is 4.26. The SMILES string of the molecule is CCOC(=O)c1cnn(-c2nc(N)c3ncn(C4O[C@H](CC)[C@@H](O[Si](C)(C)C(C)(C)C)[C@H]4O[Si](C)(C)C(C)(C)C)c3n2)c1. The van der Waals surface area contributed by atoms with E-state index in [1.165, 1.54) is 17.1 Å². The summed E-state index contributed by atoms with van der Waals surface area (Å²) in [7, 11) is -4.48. The number of nitrogens with zero attached hydrogens (tertiary/aromatic N) is 6. The summed E-state index contributed by atoms with van der Waals surface area (Å²) >= 11 is 0. The second kappa shape index (κ2) is 11.7. The summed E-state index contributed by atoms with van der Waals surface area (Å²) in [4.78, 5) is 26.0. The highest BCUT2D eigenvalue weighted by atomic mass is 28.4. The van der Waals surface area contributed by atoms with Crippen molar-refractivity contribution in [2.45, 2.75) is 123 Å². The Kier molecular flexibility index (Phi) is 9.04. The zero-order chi connectivity index (χ0) is 32.1. The third-order valence-electron chi connectivity index (χ3n) is 9.17. The van der Waals surface area contributed by atoms with Gasteiger partial charge in [0.2, 0.25) is 0 Å². The molecule has 1 unspecified atom stereocenters. The Morgan fingerprint density at radius 3 is 2.16 bits per heavy atom. The Hall–Kier alpha value is -2.66. The third kappa shape index (κ3) is 6.43. The number of anilines is 1. The standard InChI is InChI=1S/C29H49N7O5Si2/c1-13-19-21(40-42(9,10)28(3,4)5)22(41-43(11,12)29(6,7)8)25(39-19)35-17-31-20-23(30)33-27(34-24(20)35)36-16-18(15-32-36)26(37)38-14-2/h15-17,19,21-22,25H,13-14H2,1-12H3,(H2,30,33,34)/t19-,21-,22-,25?/m1/s1. The fraction of sp³-hybridized carbons (Fsp3) is 0.690. The van der Waals surface area contributed by atoms with Crippen LogP contribution in [0.3, 0.4) is 0 Å². The number of imidazole rings is 1. The number of hydrogen-bond donors (Lipinski definition) is 1. The van der Waals surface area contributed by atoms with Crippen LogP contribution in [0.2, 0.25) is 36.3 Å². The Morgan fingerprint density at radius 2 is 1.60 bits per heavy atom. The molecule has 3 aromatic heterocycles. The molecule has 1 aliphatic heterocycles. The Labute approximate surface area is 256 Å². The molecular formula is C29H49N7O5Si2. The van der Waals surface area contributed by atoms with Crippen LogP contribution >= 0.6 is 0 Å². The van der Waals surface area contributed by atoms with E-state index in [9.17, 15) is 4.79 Å². The average Bonchev–Trinajstić information content (AvgIpc) is 3.61. The van der Waals surface area contributed by atoms with Crippen molar-refractivity contribution in [2.75, 3.05) is 12.3 Å². The van der Waals surface area contributed by atoms with Crippen molar-refractivity contribution in [3.05, 3.63) is 24.3 Å². The molecule has 0 amide bonds. The van der Waals surface area contributed by atoms with Crippen LogP contribution in [0.15, 0.2) is 18.7 Å². The van der Waals surface area contributed by atoms with Crippen LogP contribution in [0.25, 0.3) is 17.1 Å². The minimum absolute atomic E-state index is 0.00928. The number of nitrogen functional groups attached to an aromatic ring is 1. The summed E-state index contributed by atoms with van der Waals surface area (Å²) in [6.45, 7) is 26.5. The second-order valence-corrected chi connectivity index (χ2v) is 23.8. The van der Waals surface area contributed by atoms with Gasteiger partial charge >= 0.3 is 5.97 Å². The van der Waals surface area contributed by atoms with Crippen molar-refractivity contribution in [3.8, 4) is 5.95 Å². The summed E-state index contributed by atoms with van der Waals surface area (Å²) in [6.07, 6.45) is 3.93. The lowest BCUT2D eigenvalue weighted by Gasteiger charge is -2.44. The topological polar surface area (TPSA) is 141 Å². The summed E-state index contributed by atoms with van der Waals surface area (Å²) in [5.41, 5.74) is 7.59. The second-order valence-electron chi connectivity index (χ2n) is 14.3. The van der Waals surface area contributed by atoms with Crippen molar-refractivity contribution in [2.24, 2.45) is 0 Å². The lowest BCUT2D eigenvalue weighted by molar-refractivity contribution is -0.0324. The minimum Gasteiger partial charge on any atom is -0.462 e. The van der Waals surface area contributed by atoms with Gasteiger partial charge in [-0.15, -0.1) is 0 Å². The van der Waals surface area contributed by atoms with Crippen LogP contribution in [0, 0.1) is 0 Å². The van der Waals surface area contributed by atoms with Crippen LogP contribution in [-0.4, -0.2) is 76.8 Å². The fourth-order valence-electron chi connectivity index (χ4n) is 4.53. The predicted octanol–water partition coefficient (Wildman–Crippen LogP) is 5.86. The highest BCUT2D eigenvalue weighted by Crippen LogP contribution is 2.46. The first-order valence-electron chi connectivity index (χ1n) is 15.0. The van der Waals surface area contributed by atoms with E-state index in [0.717, 1.165) is 6.42 Å². The number of carbonyl (C=O) groups excluding carboxylic acids is 1. The molecular weight excluding hydrogens is 583 g/mol. The van der Waals surface area contributed by atoms with E-state index < -0.39 is 34.9 Å². The van der Waals surface area contributed by atoms with E-state index in [0.29, 0.717) is 11.2 Å². The minimum atomic E-state index is -2.28. The number of rotatable bonds is 9. The van der Waals surface area contributed by atoms with E-state index in [1.807, 2.05) is 4.57 Å². The molecule has 3 aromatic rings. The first kappa shape index (κ1) is 33.2. The first-order valence-corrected chi connectivity index (χ1v) is 20.9. The van der Waals surface area contributed by atoms with Gasteiger partial charge in [-0.3, -0.25) is 4.57 Å². The molecule has 238 valence electrons. The number of hydrogen-bond acceptors (Lipinski definition) is 10. The molecule has 1 aliphatic rings. The molecule has 12 nitrogen and oxygen atoms in total. The van der Waals surface area contributed by atoms with Crippen molar-refractivity contribution >= 4 is 39.6 Å². The quantitative estimate of drug-likeness (QED) is 0.225. The van der Waals surface area contributed by atoms with Crippen molar-refractivity contribution in [3.63, 3.8) is 0 Å². The third-order valence-corrected chi connectivity index (χ3v) is 18.1. The molecule has 0 aliphatic carbocycles. The van der Waals surface area contributed by atoms with Gasteiger partial charge < -0.3 is 24.1 Å². The fourth-order valence-corrected chi connectivity index (χ4v) is 7.13. The zero-order valence-electron chi connectivity index (χ0n) is 27.8. The maximum absolute atomic E-state index is 12.2. The molecule has 14 heteroatoms. The van der Waals surface area contributed by atoms with Crippen LogP contribution in [0.4, 0.5) is 5.82 Å². The van der Waals surface area contributed by atoms with E-state index in [2.05, 4.69) is 89.7 Å². The lowest BCUT2D eigenvalue weighted by atomic mass is 10.1. The molecule has 4 rings (SSSR count). The summed E-state index contributed by atoms with van der Waals surface area (Å²) < 4.78 is 29.4. The number of ether oxygens (including phenoxy) is 2. The number of fused-ring (bicyclic) bond motifs is 1. The first-order chi connectivity index (χ1) is 19.8. The molecule has 1 fully saturated rings. The van der Waals surface area contributed by atoms with Crippen LogP contribution in [0.1, 0.15) is 78.4 Å². The average molecular weight is 632 g/mol. The number of aromatic nitrogens is 6. The molecule has 0 aromatic carbocycles. The highest BCUT2D eigenvalue weighted by molar-refractivity contribution is 6.74. The molecule has 43 heavy (non-hydrogen) atoms. The molecule has 0 radical (unpaired) electrons. The molecule has 0 bridgehead atoms. The number of nitrogens with two attached hydrogens (primary N) is 1. The Balaban J connectivity index is 1.82. The molecule has 1 saturated heterocycles. The van der Waals surface area contributed by atoms with Crippen molar-refractivity contribution in [1.29, 1.82) is 0 Å². The molecule has 4 atom stereocenters. The van der Waals surface area contributed by atoms with Crippen LogP contribution in [0.5, 0.6) is 0 Å². The van der Waals surface area contributed by atoms with Gasteiger partial charge in [-0.25, -0.2) is 14.5 Å². The van der Waals surface area contributed by atoms with Gasteiger partial charge in [0.15, 0.2) is 34.3 Å². The van der Waals surface area contributed by atoms with Crippen LogP contribution in [-0.2, 0) is 18.3 Å².